The lowest BCUT2D eigenvalue weighted by Gasteiger charge is -2.21. The highest BCUT2D eigenvalue weighted by Gasteiger charge is 2.20. The second kappa shape index (κ2) is 6.57. The summed E-state index contributed by atoms with van der Waals surface area (Å²) in [6, 6.07) is 9.81. The van der Waals surface area contributed by atoms with Gasteiger partial charge in [-0.25, -0.2) is 0 Å². The Kier molecular flexibility index (Phi) is 4.13. The highest BCUT2D eigenvalue weighted by atomic mass is 16.4. The van der Waals surface area contributed by atoms with E-state index in [0.717, 1.165) is 24.3 Å². The highest BCUT2D eigenvalue weighted by Crippen LogP contribution is 2.27. The number of aryl methyl sites for hydroxylation is 1. The van der Waals surface area contributed by atoms with Gasteiger partial charge < -0.3 is 9.73 Å². The zero-order chi connectivity index (χ0) is 16.4. The Morgan fingerprint density at radius 2 is 1.96 bits per heavy atom. The largest absolute Gasteiger partial charge is 0.419 e. The highest BCUT2D eigenvalue weighted by molar-refractivity contribution is 5.51. The van der Waals surface area contributed by atoms with E-state index >= 15 is 0 Å². The molecule has 1 aromatic carbocycles. The Hall–Kier alpha value is -2.47. The predicted molar refractivity (Wildman–Crippen MR) is 90.6 cm³/mol. The van der Waals surface area contributed by atoms with Crippen LogP contribution in [0.1, 0.15) is 35.9 Å². The molecular formula is C18H21N5O. The maximum atomic E-state index is 5.78. The van der Waals surface area contributed by atoms with E-state index in [2.05, 4.69) is 33.7 Å². The number of piperidine rings is 1. The van der Waals surface area contributed by atoms with Crippen molar-refractivity contribution in [1.29, 1.82) is 0 Å². The van der Waals surface area contributed by atoms with Gasteiger partial charge in [0.05, 0.1) is 5.69 Å². The molecule has 0 aliphatic carbocycles. The maximum absolute atomic E-state index is 5.78. The third-order valence-corrected chi connectivity index (χ3v) is 4.55. The standard InChI is InChI=1S/C18H21N5O/c1-13-16(14-7-9-19-10-8-14)11-23(22-13)12-17-20-21-18(24-17)15-5-3-2-4-6-15/h2-6,11,14,19H,7-10,12H2,1H3. The minimum Gasteiger partial charge on any atom is -0.419 e. The summed E-state index contributed by atoms with van der Waals surface area (Å²) in [5, 5.41) is 16.3. The first-order valence-electron chi connectivity index (χ1n) is 8.42. The lowest BCUT2D eigenvalue weighted by Crippen LogP contribution is -2.26. The van der Waals surface area contributed by atoms with Crippen molar-refractivity contribution in [3.05, 3.63) is 53.7 Å². The molecule has 0 atom stereocenters. The van der Waals surface area contributed by atoms with E-state index in [1.807, 2.05) is 35.0 Å². The predicted octanol–water partition coefficient (Wildman–Crippen LogP) is 2.76. The fraction of sp³-hybridized carbons (Fsp3) is 0.389. The molecule has 1 saturated heterocycles. The SMILES string of the molecule is Cc1nn(Cc2nnc(-c3ccccc3)o2)cc1C1CCNCC1. The number of benzene rings is 1. The molecule has 3 heterocycles. The van der Waals surface area contributed by atoms with E-state index in [1.165, 1.54) is 18.4 Å². The van der Waals surface area contributed by atoms with Gasteiger partial charge in [0.25, 0.3) is 0 Å². The zero-order valence-electron chi connectivity index (χ0n) is 13.8. The van der Waals surface area contributed by atoms with E-state index in [-0.39, 0.29) is 0 Å². The van der Waals surface area contributed by atoms with Crippen LogP contribution in [0.4, 0.5) is 0 Å². The number of hydrogen-bond donors (Lipinski definition) is 1. The van der Waals surface area contributed by atoms with Crippen molar-refractivity contribution in [3.8, 4) is 11.5 Å². The van der Waals surface area contributed by atoms with Gasteiger partial charge in [0, 0.05) is 11.8 Å². The van der Waals surface area contributed by atoms with Gasteiger partial charge in [0.2, 0.25) is 11.8 Å². The quantitative estimate of drug-likeness (QED) is 0.799. The normalized spacial score (nSPS) is 15.7. The van der Waals surface area contributed by atoms with E-state index < -0.39 is 0 Å². The molecule has 0 saturated carbocycles. The minimum atomic E-state index is 0.506. The second-order valence-electron chi connectivity index (χ2n) is 6.26. The van der Waals surface area contributed by atoms with Gasteiger partial charge in [-0.15, -0.1) is 10.2 Å². The van der Waals surface area contributed by atoms with Gasteiger partial charge in [-0.3, -0.25) is 4.68 Å². The Morgan fingerprint density at radius 3 is 2.75 bits per heavy atom. The van der Waals surface area contributed by atoms with Gasteiger partial charge >= 0.3 is 0 Å². The van der Waals surface area contributed by atoms with Crippen LogP contribution in [0.2, 0.25) is 0 Å². The van der Waals surface area contributed by atoms with Crippen molar-refractivity contribution in [3.63, 3.8) is 0 Å². The first-order valence-corrected chi connectivity index (χ1v) is 8.42. The van der Waals surface area contributed by atoms with Crippen LogP contribution in [-0.4, -0.2) is 33.1 Å². The summed E-state index contributed by atoms with van der Waals surface area (Å²) in [6.07, 6.45) is 4.48. The molecule has 3 aromatic rings. The first kappa shape index (κ1) is 15.1. The van der Waals surface area contributed by atoms with Gasteiger partial charge in [-0.05, 0) is 56.5 Å². The molecule has 0 unspecified atom stereocenters. The van der Waals surface area contributed by atoms with E-state index in [9.17, 15) is 0 Å². The van der Waals surface area contributed by atoms with Crippen molar-refractivity contribution in [2.45, 2.75) is 32.2 Å². The summed E-state index contributed by atoms with van der Waals surface area (Å²) in [6.45, 7) is 4.75. The van der Waals surface area contributed by atoms with E-state index in [4.69, 9.17) is 4.42 Å². The van der Waals surface area contributed by atoms with Crippen LogP contribution >= 0.6 is 0 Å². The van der Waals surface area contributed by atoms with Crippen LogP contribution < -0.4 is 5.32 Å². The van der Waals surface area contributed by atoms with Gasteiger partial charge in [-0.2, -0.15) is 5.10 Å². The number of nitrogens with zero attached hydrogens (tertiary/aromatic N) is 4. The van der Waals surface area contributed by atoms with Crippen molar-refractivity contribution >= 4 is 0 Å². The van der Waals surface area contributed by atoms with Crippen LogP contribution in [0, 0.1) is 6.92 Å². The molecule has 1 aliphatic rings. The zero-order valence-corrected chi connectivity index (χ0v) is 13.8. The average molecular weight is 323 g/mol. The summed E-state index contributed by atoms with van der Waals surface area (Å²) in [4.78, 5) is 0. The van der Waals surface area contributed by atoms with Gasteiger partial charge in [0.15, 0.2) is 0 Å². The summed E-state index contributed by atoms with van der Waals surface area (Å²) >= 11 is 0. The molecule has 0 radical (unpaired) electrons. The molecule has 0 spiro atoms. The van der Waals surface area contributed by atoms with Crippen molar-refractivity contribution in [1.82, 2.24) is 25.3 Å². The summed E-state index contributed by atoms with van der Waals surface area (Å²) in [7, 11) is 0. The number of hydrogen-bond acceptors (Lipinski definition) is 5. The van der Waals surface area contributed by atoms with Crippen LogP contribution in [-0.2, 0) is 6.54 Å². The summed E-state index contributed by atoms with van der Waals surface area (Å²) in [5.74, 6) is 1.73. The van der Waals surface area contributed by atoms with Crippen molar-refractivity contribution in [2.24, 2.45) is 0 Å². The van der Waals surface area contributed by atoms with E-state index in [0.29, 0.717) is 24.2 Å². The minimum absolute atomic E-state index is 0.506. The van der Waals surface area contributed by atoms with Crippen molar-refractivity contribution < 1.29 is 4.42 Å². The number of aromatic nitrogens is 4. The fourth-order valence-electron chi connectivity index (χ4n) is 3.30. The Morgan fingerprint density at radius 1 is 1.17 bits per heavy atom. The molecular weight excluding hydrogens is 302 g/mol. The molecule has 124 valence electrons. The van der Waals surface area contributed by atoms with Crippen LogP contribution in [0.5, 0.6) is 0 Å². The number of nitrogens with one attached hydrogen (secondary N) is 1. The third kappa shape index (κ3) is 3.10. The molecule has 4 rings (SSSR count). The molecule has 6 heteroatoms. The number of rotatable bonds is 4. The van der Waals surface area contributed by atoms with E-state index in [1.54, 1.807) is 0 Å². The smallest absolute Gasteiger partial charge is 0.247 e. The summed E-state index contributed by atoms with van der Waals surface area (Å²) in [5.41, 5.74) is 3.38. The van der Waals surface area contributed by atoms with Crippen LogP contribution in [0.3, 0.4) is 0 Å². The Bertz CT molecular complexity index is 802. The van der Waals surface area contributed by atoms with Crippen molar-refractivity contribution in [2.75, 3.05) is 13.1 Å². The van der Waals surface area contributed by atoms with Crippen LogP contribution in [0.25, 0.3) is 11.5 Å². The third-order valence-electron chi connectivity index (χ3n) is 4.55. The Labute approximate surface area is 140 Å². The topological polar surface area (TPSA) is 68.8 Å². The van der Waals surface area contributed by atoms with Gasteiger partial charge in [-0.1, -0.05) is 18.2 Å². The molecule has 24 heavy (non-hydrogen) atoms. The lowest BCUT2D eigenvalue weighted by molar-refractivity contribution is 0.457. The maximum Gasteiger partial charge on any atom is 0.247 e. The van der Waals surface area contributed by atoms with Crippen LogP contribution in [0.15, 0.2) is 40.9 Å². The summed E-state index contributed by atoms with van der Waals surface area (Å²) < 4.78 is 7.69. The molecule has 1 N–H and O–H groups in total. The molecule has 0 amide bonds. The monoisotopic (exact) mass is 323 g/mol. The molecule has 1 fully saturated rings. The molecule has 1 aliphatic heterocycles. The molecule has 6 nitrogen and oxygen atoms in total. The first-order chi connectivity index (χ1) is 11.8. The lowest BCUT2D eigenvalue weighted by atomic mass is 9.91. The Balaban J connectivity index is 1.51. The molecule has 2 aromatic heterocycles. The second-order valence-corrected chi connectivity index (χ2v) is 6.26. The molecule has 0 bridgehead atoms. The average Bonchev–Trinajstić information content (AvgIpc) is 3.23. The van der Waals surface area contributed by atoms with Gasteiger partial charge in [0.1, 0.15) is 6.54 Å². The fourth-order valence-corrected chi connectivity index (χ4v) is 3.30.